The lowest BCUT2D eigenvalue weighted by Crippen LogP contribution is -2.02. The van der Waals surface area contributed by atoms with Crippen LogP contribution in [0.15, 0.2) is 34.8 Å². The van der Waals surface area contributed by atoms with Crippen LogP contribution in [0, 0.1) is 11.6 Å². The van der Waals surface area contributed by atoms with Gasteiger partial charge in [-0.05, 0) is 34.1 Å². The molecule has 0 spiro atoms. The fraction of sp³-hybridized carbons (Fsp3) is 0.143. The van der Waals surface area contributed by atoms with E-state index in [0.717, 1.165) is 6.07 Å². The quantitative estimate of drug-likeness (QED) is 0.618. The molecule has 0 amide bonds. The monoisotopic (exact) mass is 380 g/mol. The lowest BCUT2D eigenvalue weighted by Gasteiger charge is -2.17. The number of hydrogen-bond acceptors (Lipinski definition) is 1. The first kappa shape index (κ1) is 15.5. The Balaban J connectivity index is 2.58. The zero-order valence-electron chi connectivity index (χ0n) is 10.3. The van der Waals surface area contributed by atoms with Crippen molar-refractivity contribution >= 4 is 39.1 Å². The fourth-order valence-electron chi connectivity index (χ4n) is 1.87. The molecule has 0 heterocycles. The molecule has 0 radical (unpaired) electrons. The first-order chi connectivity index (χ1) is 9.45. The first-order valence-corrected chi connectivity index (χ1v) is 7.17. The van der Waals surface area contributed by atoms with Gasteiger partial charge < -0.3 is 4.74 Å². The van der Waals surface area contributed by atoms with Crippen molar-refractivity contribution in [3.63, 3.8) is 0 Å². The van der Waals surface area contributed by atoms with Crippen LogP contribution in [0.2, 0.25) is 5.02 Å². The van der Waals surface area contributed by atoms with Gasteiger partial charge in [0.2, 0.25) is 0 Å². The minimum atomic E-state index is -0.981. The summed E-state index contributed by atoms with van der Waals surface area (Å²) in [4.78, 5) is 0. The minimum absolute atomic E-state index is 0.0270. The zero-order chi connectivity index (χ0) is 14.9. The van der Waals surface area contributed by atoms with E-state index in [-0.39, 0.29) is 5.56 Å². The highest BCUT2D eigenvalue weighted by Crippen LogP contribution is 2.41. The molecular weight excluding hydrogens is 373 g/mol. The number of methoxy groups -OCH3 is 1. The third kappa shape index (κ3) is 2.92. The van der Waals surface area contributed by atoms with Crippen molar-refractivity contribution in [2.75, 3.05) is 7.11 Å². The summed E-state index contributed by atoms with van der Waals surface area (Å²) in [5.74, 6) is -1.50. The van der Waals surface area contributed by atoms with Crippen molar-refractivity contribution in [2.45, 2.75) is 5.38 Å². The summed E-state index contributed by atoms with van der Waals surface area (Å²) >= 11 is 15.5. The molecule has 1 atom stereocenters. The molecule has 6 heteroatoms. The van der Waals surface area contributed by atoms with E-state index in [1.165, 1.54) is 19.2 Å². The van der Waals surface area contributed by atoms with Crippen molar-refractivity contribution in [3.8, 4) is 5.75 Å². The van der Waals surface area contributed by atoms with Gasteiger partial charge in [-0.2, -0.15) is 0 Å². The Morgan fingerprint density at radius 2 is 1.90 bits per heavy atom. The smallest absolute Gasteiger partial charge is 0.163 e. The molecule has 106 valence electrons. The average molecular weight is 382 g/mol. The third-order valence-corrected chi connectivity index (χ3v) is 4.05. The van der Waals surface area contributed by atoms with E-state index in [2.05, 4.69) is 15.9 Å². The second-order valence-corrected chi connectivity index (χ2v) is 5.74. The zero-order valence-corrected chi connectivity index (χ0v) is 13.4. The van der Waals surface area contributed by atoms with E-state index < -0.39 is 17.0 Å². The molecule has 1 nitrogen and oxygen atoms in total. The minimum Gasteiger partial charge on any atom is -0.495 e. The Hall–Kier alpha value is -0.840. The molecule has 0 fully saturated rings. The fourth-order valence-corrected chi connectivity index (χ4v) is 3.19. The lowest BCUT2D eigenvalue weighted by molar-refractivity contribution is 0.407. The molecule has 0 saturated heterocycles. The van der Waals surface area contributed by atoms with Crippen LogP contribution in [0.1, 0.15) is 16.5 Å². The molecule has 0 aliphatic heterocycles. The Bertz CT molecular complexity index is 649. The van der Waals surface area contributed by atoms with Gasteiger partial charge in [0.25, 0.3) is 0 Å². The summed E-state index contributed by atoms with van der Waals surface area (Å²) < 4.78 is 33.0. The maximum atomic E-state index is 13.8. The van der Waals surface area contributed by atoms with Crippen molar-refractivity contribution in [1.29, 1.82) is 0 Å². The summed E-state index contributed by atoms with van der Waals surface area (Å²) in [6.45, 7) is 0. The van der Waals surface area contributed by atoms with Gasteiger partial charge in [0.05, 0.1) is 17.0 Å². The maximum absolute atomic E-state index is 13.8. The van der Waals surface area contributed by atoms with Crippen LogP contribution in [-0.2, 0) is 0 Å². The average Bonchev–Trinajstić information content (AvgIpc) is 2.40. The normalized spacial score (nSPS) is 12.3. The van der Waals surface area contributed by atoms with Gasteiger partial charge in [-0.15, -0.1) is 11.6 Å². The number of alkyl halides is 1. The van der Waals surface area contributed by atoms with E-state index in [0.29, 0.717) is 20.8 Å². The van der Waals surface area contributed by atoms with E-state index in [4.69, 9.17) is 27.9 Å². The SMILES string of the molecule is COc1c(Br)cc(Cl)cc1C(Cl)c1cccc(F)c1F. The standard InChI is InChI=1S/C14H9BrCl2F2O/c1-20-14-9(5-7(16)6-10(14)15)12(17)8-3-2-4-11(18)13(8)19/h2-6,12H,1H3. The highest BCUT2D eigenvalue weighted by atomic mass is 79.9. The van der Waals surface area contributed by atoms with Crippen LogP contribution in [0.4, 0.5) is 8.78 Å². The van der Waals surface area contributed by atoms with Crippen LogP contribution in [0.3, 0.4) is 0 Å². The van der Waals surface area contributed by atoms with Gasteiger partial charge in [-0.25, -0.2) is 8.78 Å². The van der Waals surface area contributed by atoms with E-state index in [9.17, 15) is 8.78 Å². The number of rotatable bonds is 3. The Morgan fingerprint density at radius 3 is 2.55 bits per heavy atom. The van der Waals surface area contributed by atoms with Gasteiger partial charge in [-0.1, -0.05) is 23.7 Å². The van der Waals surface area contributed by atoms with Gasteiger partial charge in [0.1, 0.15) is 5.75 Å². The molecule has 2 rings (SSSR count). The molecule has 0 aliphatic carbocycles. The lowest BCUT2D eigenvalue weighted by atomic mass is 10.0. The molecule has 0 N–H and O–H groups in total. The molecule has 2 aromatic carbocycles. The first-order valence-electron chi connectivity index (χ1n) is 5.56. The largest absolute Gasteiger partial charge is 0.495 e. The van der Waals surface area contributed by atoms with Gasteiger partial charge >= 0.3 is 0 Å². The van der Waals surface area contributed by atoms with Gasteiger partial charge in [0.15, 0.2) is 11.6 Å². The summed E-state index contributed by atoms with van der Waals surface area (Å²) in [7, 11) is 1.46. The topological polar surface area (TPSA) is 9.23 Å². The Morgan fingerprint density at radius 1 is 1.20 bits per heavy atom. The number of halogens is 5. The molecule has 0 saturated carbocycles. The molecule has 2 aromatic rings. The molecule has 0 aromatic heterocycles. The molecule has 1 unspecified atom stereocenters. The second kappa shape index (κ2) is 6.29. The summed E-state index contributed by atoms with van der Waals surface area (Å²) in [6.07, 6.45) is 0. The molecule has 0 aliphatic rings. The van der Waals surface area contributed by atoms with Crippen molar-refractivity contribution in [1.82, 2.24) is 0 Å². The summed E-state index contributed by atoms with van der Waals surface area (Å²) in [5.41, 5.74) is 0.483. The summed E-state index contributed by atoms with van der Waals surface area (Å²) in [5, 5.41) is -0.509. The van der Waals surface area contributed by atoms with Crippen LogP contribution >= 0.6 is 39.1 Å². The maximum Gasteiger partial charge on any atom is 0.163 e. The molecular formula is C14H9BrCl2F2O. The Labute approximate surface area is 133 Å². The number of ether oxygens (including phenoxy) is 1. The van der Waals surface area contributed by atoms with Crippen LogP contribution in [0.5, 0.6) is 5.75 Å². The van der Waals surface area contributed by atoms with Crippen molar-refractivity contribution < 1.29 is 13.5 Å². The van der Waals surface area contributed by atoms with Gasteiger partial charge in [0, 0.05) is 16.1 Å². The predicted octanol–water partition coefficient (Wildman–Crippen LogP) is 5.72. The highest BCUT2D eigenvalue weighted by molar-refractivity contribution is 9.10. The van der Waals surface area contributed by atoms with Crippen LogP contribution in [0.25, 0.3) is 0 Å². The van der Waals surface area contributed by atoms with E-state index in [1.54, 1.807) is 12.1 Å². The predicted molar refractivity (Wildman–Crippen MR) is 79.8 cm³/mol. The number of benzene rings is 2. The van der Waals surface area contributed by atoms with Gasteiger partial charge in [-0.3, -0.25) is 0 Å². The second-order valence-electron chi connectivity index (χ2n) is 4.02. The number of hydrogen-bond donors (Lipinski definition) is 0. The highest BCUT2D eigenvalue weighted by Gasteiger charge is 2.23. The molecule has 20 heavy (non-hydrogen) atoms. The Kier molecular flexibility index (Phi) is 4.89. The van der Waals surface area contributed by atoms with Crippen LogP contribution < -0.4 is 4.74 Å². The van der Waals surface area contributed by atoms with E-state index in [1.807, 2.05) is 0 Å². The summed E-state index contributed by atoms with van der Waals surface area (Å²) in [6, 6.07) is 7.05. The van der Waals surface area contributed by atoms with Crippen molar-refractivity contribution in [3.05, 3.63) is 62.6 Å². The van der Waals surface area contributed by atoms with Crippen LogP contribution in [-0.4, -0.2) is 7.11 Å². The molecule has 0 bridgehead atoms. The van der Waals surface area contributed by atoms with E-state index >= 15 is 0 Å². The third-order valence-electron chi connectivity index (χ3n) is 2.77. The van der Waals surface area contributed by atoms with Crippen molar-refractivity contribution in [2.24, 2.45) is 0 Å².